The Balaban J connectivity index is 0.000000546. The van der Waals surface area contributed by atoms with Crippen LogP contribution < -0.4 is 5.32 Å². The first-order valence-corrected chi connectivity index (χ1v) is 8.63. The third-order valence-corrected chi connectivity index (χ3v) is 3.27. The Bertz CT molecular complexity index is 460. The summed E-state index contributed by atoms with van der Waals surface area (Å²) in [6.45, 7) is 5.18. The lowest BCUT2D eigenvalue weighted by atomic mass is 10.2. The van der Waals surface area contributed by atoms with Crippen molar-refractivity contribution in [1.29, 1.82) is 0 Å². The van der Waals surface area contributed by atoms with Gasteiger partial charge in [-0.05, 0) is 39.2 Å². The summed E-state index contributed by atoms with van der Waals surface area (Å²) < 4.78 is 4.98. The van der Waals surface area contributed by atoms with Crippen molar-refractivity contribution in [1.82, 2.24) is 10.4 Å². The van der Waals surface area contributed by atoms with Gasteiger partial charge in [0.2, 0.25) is 0 Å². The summed E-state index contributed by atoms with van der Waals surface area (Å²) in [5.74, 6) is -1.38. The van der Waals surface area contributed by atoms with E-state index in [1.807, 2.05) is 6.26 Å². The highest BCUT2D eigenvalue weighted by molar-refractivity contribution is 7.98. The van der Waals surface area contributed by atoms with E-state index in [1.54, 1.807) is 20.8 Å². The Labute approximate surface area is 144 Å². The zero-order chi connectivity index (χ0) is 18.9. The first-order chi connectivity index (χ1) is 11.0. The summed E-state index contributed by atoms with van der Waals surface area (Å²) in [5.41, 5.74) is -0.618. The molecule has 1 rings (SSSR count). The molecule has 0 saturated carbocycles. The van der Waals surface area contributed by atoms with Crippen LogP contribution in [0.25, 0.3) is 0 Å². The van der Waals surface area contributed by atoms with Gasteiger partial charge in [0.05, 0.1) is 0 Å². The zero-order valence-electron chi connectivity index (χ0n) is 14.2. The predicted octanol–water partition coefficient (Wildman–Crippen LogP) is 1.24. The molecular formula is C14H24N2O7S. The molecule has 24 heavy (non-hydrogen) atoms. The molecular weight excluding hydrogens is 340 g/mol. The summed E-state index contributed by atoms with van der Waals surface area (Å²) in [6, 6.07) is -0.887. The Morgan fingerprint density at radius 2 is 1.79 bits per heavy atom. The Hall–Kier alpha value is -1.81. The highest BCUT2D eigenvalue weighted by Crippen LogP contribution is 2.08. The molecule has 1 fully saturated rings. The normalized spacial score (nSPS) is 15.5. The van der Waals surface area contributed by atoms with E-state index in [1.165, 1.54) is 11.8 Å². The minimum absolute atomic E-state index is 0.148. The topological polar surface area (TPSA) is 133 Å². The maximum Gasteiger partial charge on any atom is 0.408 e. The molecule has 0 aliphatic carbocycles. The fourth-order valence-corrected chi connectivity index (χ4v) is 1.98. The van der Waals surface area contributed by atoms with Crippen molar-refractivity contribution in [2.45, 2.75) is 51.7 Å². The number of carboxylic acid groups (broad SMARTS) is 1. The number of amides is 3. The highest BCUT2D eigenvalue weighted by atomic mass is 32.2. The van der Waals surface area contributed by atoms with Crippen molar-refractivity contribution >= 4 is 35.6 Å². The molecule has 0 aromatic heterocycles. The number of aliphatic carboxylic acids is 1. The van der Waals surface area contributed by atoms with Crippen molar-refractivity contribution in [2.75, 3.05) is 12.0 Å². The monoisotopic (exact) mass is 364 g/mol. The molecule has 9 nitrogen and oxygen atoms in total. The molecule has 10 heteroatoms. The summed E-state index contributed by atoms with van der Waals surface area (Å²) in [6.07, 6.45) is 1.87. The van der Waals surface area contributed by atoms with Gasteiger partial charge in [-0.25, -0.2) is 9.59 Å². The van der Waals surface area contributed by atoms with Gasteiger partial charge in [0, 0.05) is 12.8 Å². The van der Waals surface area contributed by atoms with Gasteiger partial charge >= 0.3 is 12.1 Å². The second-order valence-electron chi connectivity index (χ2n) is 5.92. The van der Waals surface area contributed by atoms with E-state index < -0.39 is 35.5 Å². The number of imide groups is 1. The van der Waals surface area contributed by atoms with Crippen molar-refractivity contribution in [3.63, 3.8) is 0 Å². The summed E-state index contributed by atoms with van der Waals surface area (Å²) in [5, 5.41) is 19.8. The molecule has 1 heterocycles. The number of thioether (sulfide) groups is 1. The number of alkyl carbamates (subject to hydrolysis) is 1. The van der Waals surface area contributed by atoms with Crippen LogP contribution in [0.2, 0.25) is 0 Å². The van der Waals surface area contributed by atoms with Gasteiger partial charge in [0.25, 0.3) is 11.8 Å². The number of carbonyl (C=O) groups is 4. The van der Waals surface area contributed by atoms with E-state index >= 15 is 0 Å². The first kappa shape index (κ1) is 22.2. The third kappa shape index (κ3) is 9.36. The van der Waals surface area contributed by atoms with Gasteiger partial charge in [-0.15, -0.1) is 0 Å². The van der Waals surface area contributed by atoms with E-state index in [4.69, 9.17) is 15.1 Å². The number of nitrogens with zero attached hydrogens (tertiary/aromatic N) is 1. The fraction of sp³-hybridized carbons (Fsp3) is 0.714. The SMILES string of the molecule is CSCC[C@H](NC(=O)OC(C)(C)C)C(=O)O.O=C1CCC(=O)N1O. The number of nitrogens with one attached hydrogen (secondary N) is 1. The molecule has 0 unspecified atom stereocenters. The minimum atomic E-state index is -1.04. The standard InChI is InChI=1S/C10H19NO4S.C4H5NO3/c1-10(2,3)15-9(14)11-7(8(12)13)5-6-16-4;6-3-1-2-4(7)5(3)8/h7H,5-6H2,1-4H3,(H,11,14)(H,12,13);8H,1-2H2/t7-;/m0./s1. The Morgan fingerprint density at radius 1 is 1.29 bits per heavy atom. The molecule has 0 aromatic carbocycles. The van der Waals surface area contributed by atoms with Crippen LogP contribution in [0.5, 0.6) is 0 Å². The molecule has 138 valence electrons. The molecule has 1 saturated heterocycles. The smallest absolute Gasteiger partial charge is 0.408 e. The molecule has 3 N–H and O–H groups in total. The number of hydroxylamine groups is 2. The zero-order valence-corrected chi connectivity index (χ0v) is 15.0. The van der Waals surface area contributed by atoms with E-state index in [2.05, 4.69) is 5.32 Å². The van der Waals surface area contributed by atoms with Crippen LogP contribution in [0, 0.1) is 0 Å². The number of hydrogen-bond donors (Lipinski definition) is 3. The van der Waals surface area contributed by atoms with Gasteiger partial charge in [-0.1, -0.05) is 0 Å². The Morgan fingerprint density at radius 3 is 2.08 bits per heavy atom. The summed E-state index contributed by atoms with van der Waals surface area (Å²) >= 11 is 1.53. The first-order valence-electron chi connectivity index (χ1n) is 7.24. The number of hydrogen-bond acceptors (Lipinski definition) is 7. The van der Waals surface area contributed by atoms with Gasteiger partial charge in [-0.2, -0.15) is 16.8 Å². The minimum Gasteiger partial charge on any atom is -0.480 e. The number of carbonyl (C=O) groups excluding carboxylic acids is 3. The van der Waals surface area contributed by atoms with Gasteiger partial charge in [-0.3, -0.25) is 14.8 Å². The second-order valence-corrected chi connectivity index (χ2v) is 6.90. The molecule has 1 aliphatic heterocycles. The largest absolute Gasteiger partial charge is 0.480 e. The fourth-order valence-electron chi connectivity index (χ4n) is 1.51. The highest BCUT2D eigenvalue weighted by Gasteiger charge is 2.26. The third-order valence-electron chi connectivity index (χ3n) is 2.62. The summed E-state index contributed by atoms with van der Waals surface area (Å²) in [4.78, 5) is 42.6. The molecule has 3 amide bonds. The van der Waals surface area contributed by atoms with Crippen LogP contribution in [0.3, 0.4) is 0 Å². The lowest BCUT2D eigenvalue weighted by Gasteiger charge is -2.21. The van der Waals surface area contributed by atoms with Crippen LogP contribution in [0.4, 0.5) is 4.79 Å². The summed E-state index contributed by atoms with van der Waals surface area (Å²) in [7, 11) is 0. The van der Waals surface area contributed by atoms with E-state index in [-0.39, 0.29) is 17.9 Å². The average molecular weight is 364 g/mol. The second kappa shape index (κ2) is 10.1. The van der Waals surface area contributed by atoms with E-state index in [9.17, 15) is 19.2 Å². The van der Waals surface area contributed by atoms with E-state index in [0.29, 0.717) is 12.2 Å². The molecule has 1 aliphatic rings. The van der Waals surface area contributed by atoms with Crippen molar-refractivity contribution in [3.8, 4) is 0 Å². The quantitative estimate of drug-likeness (QED) is 0.490. The lowest BCUT2D eigenvalue weighted by Crippen LogP contribution is -2.43. The van der Waals surface area contributed by atoms with Gasteiger partial charge < -0.3 is 15.2 Å². The molecule has 0 spiro atoms. The Kier molecular flexibility index (Phi) is 9.37. The van der Waals surface area contributed by atoms with Crippen molar-refractivity contribution < 1.29 is 34.2 Å². The molecule has 1 atom stereocenters. The van der Waals surface area contributed by atoms with Crippen molar-refractivity contribution in [2.24, 2.45) is 0 Å². The number of carboxylic acids is 1. The van der Waals surface area contributed by atoms with Gasteiger partial charge in [0.1, 0.15) is 11.6 Å². The molecule has 0 radical (unpaired) electrons. The van der Waals surface area contributed by atoms with E-state index in [0.717, 1.165) is 0 Å². The maximum atomic E-state index is 11.3. The molecule has 0 bridgehead atoms. The predicted molar refractivity (Wildman–Crippen MR) is 86.7 cm³/mol. The van der Waals surface area contributed by atoms with Crippen LogP contribution in [0.15, 0.2) is 0 Å². The maximum absolute atomic E-state index is 11.3. The van der Waals surface area contributed by atoms with Crippen LogP contribution in [-0.2, 0) is 19.1 Å². The average Bonchev–Trinajstić information content (AvgIpc) is 2.73. The van der Waals surface area contributed by atoms with Crippen molar-refractivity contribution in [3.05, 3.63) is 0 Å². The lowest BCUT2D eigenvalue weighted by molar-refractivity contribution is -0.171. The van der Waals surface area contributed by atoms with Crippen LogP contribution >= 0.6 is 11.8 Å². The van der Waals surface area contributed by atoms with Gasteiger partial charge in [0.15, 0.2) is 0 Å². The number of ether oxygens (including phenoxy) is 1. The molecule has 0 aromatic rings. The number of rotatable bonds is 5. The van der Waals surface area contributed by atoms with Crippen LogP contribution in [0.1, 0.15) is 40.0 Å². The van der Waals surface area contributed by atoms with Crippen LogP contribution in [-0.4, -0.2) is 62.9 Å².